The first-order valence-electron chi connectivity index (χ1n) is 2.66. The van der Waals surface area contributed by atoms with E-state index < -0.39 is 0 Å². The fraction of sp³-hybridized carbons (Fsp3) is 0.500. The second-order valence-electron chi connectivity index (χ2n) is 1.46. The van der Waals surface area contributed by atoms with Gasteiger partial charge in [0.15, 0.2) is 0 Å². The molecule has 0 spiro atoms. The molecule has 0 unspecified atom stereocenters. The number of aromatic nitrogens is 4. The lowest BCUT2D eigenvalue weighted by Crippen LogP contribution is -2.01. The number of rotatable bonds is 2. The minimum absolute atomic E-state index is 0.442. The van der Waals surface area contributed by atoms with Gasteiger partial charge in [0.05, 0.1) is 0 Å². The first-order valence-corrected chi connectivity index (χ1v) is 3.88. The summed E-state index contributed by atoms with van der Waals surface area (Å²) < 4.78 is 0. The van der Waals surface area contributed by atoms with Crippen LogP contribution in [0.25, 0.3) is 0 Å². The van der Waals surface area contributed by atoms with Crippen molar-refractivity contribution in [1.82, 2.24) is 20.4 Å². The summed E-state index contributed by atoms with van der Waals surface area (Å²) in [5.41, 5.74) is 0. The average Bonchev–Trinajstić information content (AvgIpc) is 2.05. The molecule has 0 saturated heterocycles. The van der Waals surface area contributed by atoms with Crippen LogP contribution in [-0.4, -0.2) is 33.7 Å². The Kier molecular flexibility index (Phi) is 2.38. The van der Waals surface area contributed by atoms with Crippen LogP contribution in [0.15, 0.2) is 5.16 Å². The Morgan fingerprint density at radius 1 is 1.20 bits per heavy atom. The molecule has 1 heterocycles. The van der Waals surface area contributed by atoms with E-state index in [-0.39, 0.29) is 0 Å². The lowest BCUT2D eigenvalue weighted by atomic mass is 11.0. The van der Waals surface area contributed by atoms with Gasteiger partial charge >= 0.3 is 0 Å². The maximum absolute atomic E-state index is 3.74. The van der Waals surface area contributed by atoms with E-state index in [1.54, 1.807) is 7.05 Å². The highest BCUT2D eigenvalue weighted by Crippen LogP contribution is 2.03. The van der Waals surface area contributed by atoms with Crippen LogP contribution in [0.3, 0.4) is 0 Å². The molecule has 5 nitrogen and oxygen atoms in total. The maximum atomic E-state index is 3.74. The Hall–Kier alpha value is -0.910. The van der Waals surface area contributed by atoms with Gasteiger partial charge in [-0.1, -0.05) is 11.8 Å². The van der Waals surface area contributed by atoms with Crippen molar-refractivity contribution in [3.05, 3.63) is 0 Å². The molecule has 0 fully saturated rings. The summed E-state index contributed by atoms with van der Waals surface area (Å²) in [6.07, 6.45) is 1.87. The highest BCUT2D eigenvalue weighted by atomic mass is 32.2. The summed E-state index contributed by atoms with van der Waals surface area (Å²) in [7, 11) is 1.72. The van der Waals surface area contributed by atoms with Gasteiger partial charge in [-0.15, -0.1) is 20.4 Å². The van der Waals surface area contributed by atoms with Crippen LogP contribution >= 0.6 is 11.8 Å². The Bertz CT molecular complexity index is 174. The summed E-state index contributed by atoms with van der Waals surface area (Å²) >= 11 is 1.41. The fourth-order valence-electron chi connectivity index (χ4n) is 0.402. The molecule has 54 valence electrons. The van der Waals surface area contributed by atoms with E-state index in [4.69, 9.17) is 0 Å². The van der Waals surface area contributed by atoms with Crippen LogP contribution in [-0.2, 0) is 0 Å². The van der Waals surface area contributed by atoms with Crippen LogP contribution in [0.1, 0.15) is 0 Å². The van der Waals surface area contributed by atoms with Crippen molar-refractivity contribution in [3.8, 4) is 0 Å². The third kappa shape index (κ3) is 1.53. The number of hydrogen-bond donors (Lipinski definition) is 1. The van der Waals surface area contributed by atoms with Gasteiger partial charge in [0, 0.05) is 7.05 Å². The van der Waals surface area contributed by atoms with Crippen molar-refractivity contribution in [2.45, 2.75) is 5.16 Å². The van der Waals surface area contributed by atoms with Crippen molar-refractivity contribution in [3.63, 3.8) is 0 Å². The third-order valence-electron chi connectivity index (χ3n) is 0.867. The van der Waals surface area contributed by atoms with E-state index in [2.05, 4.69) is 25.7 Å². The molecule has 1 aromatic rings. The highest BCUT2D eigenvalue weighted by Gasteiger charge is 1.94. The smallest absolute Gasteiger partial charge is 0.261 e. The van der Waals surface area contributed by atoms with E-state index >= 15 is 0 Å². The van der Waals surface area contributed by atoms with E-state index in [1.807, 2.05) is 6.26 Å². The number of anilines is 1. The first-order chi connectivity index (χ1) is 4.86. The largest absolute Gasteiger partial charge is 0.355 e. The molecule has 6 heteroatoms. The van der Waals surface area contributed by atoms with Gasteiger partial charge in [-0.2, -0.15) is 0 Å². The molecular formula is C4H7N5S. The minimum atomic E-state index is 0.442. The Morgan fingerprint density at radius 2 is 1.80 bits per heavy atom. The molecule has 1 aromatic heterocycles. The van der Waals surface area contributed by atoms with Crippen LogP contribution in [0.2, 0.25) is 0 Å². The molecule has 10 heavy (non-hydrogen) atoms. The number of nitrogens with zero attached hydrogens (tertiary/aromatic N) is 4. The van der Waals surface area contributed by atoms with E-state index in [9.17, 15) is 0 Å². The summed E-state index contributed by atoms with van der Waals surface area (Å²) in [6, 6.07) is 0. The Labute approximate surface area is 62.6 Å². The predicted molar refractivity (Wildman–Crippen MR) is 38.9 cm³/mol. The van der Waals surface area contributed by atoms with Crippen LogP contribution in [0.4, 0.5) is 5.95 Å². The summed E-state index contributed by atoms with van der Waals surface area (Å²) in [6.45, 7) is 0. The van der Waals surface area contributed by atoms with Crippen LogP contribution < -0.4 is 5.32 Å². The van der Waals surface area contributed by atoms with Crippen LogP contribution in [0.5, 0.6) is 0 Å². The third-order valence-corrected chi connectivity index (χ3v) is 1.40. The van der Waals surface area contributed by atoms with Gasteiger partial charge < -0.3 is 5.32 Å². The van der Waals surface area contributed by atoms with Gasteiger partial charge in [0.1, 0.15) is 0 Å². The summed E-state index contributed by atoms with van der Waals surface area (Å²) in [5.74, 6) is 0.442. The fourth-order valence-corrected chi connectivity index (χ4v) is 0.647. The summed E-state index contributed by atoms with van der Waals surface area (Å²) in [5, 5.41) is 18.2. The molecule has 0 bridgehead atoms. The normalized spacial score (nSPS) is 9.40. The van der Waals surface area contributed by atoms with Crippen molar-refractivity contribution < 1.29 is 0 Å². The molecule has 1 rings (SSSR count). The molecule has 0 aliphatic rings. The monoisotopic (exact) mass is 157 g/mol. The molecule has 0 amide bonds. The standard InChI is InChI=1S/C4H7N5S/c1-5-3-6-8-4(10-2)9-7-3/h1-2H3,(H,5,6,7). The number of nitrogens with one attached hydrogen (secondary N) is 1. The molecule has 0 aliphatic carbocycles. The molecule has 0 aliphatic heterocycles. The maximum Gasteiger partial charge on any atom is 0.261 e. The molecule has 0 aromatic carbocycles. The zero-order valence-corrected chi connectivity index (χ0v) is 6.51. The van der Waals surface area contributed by atoms with Crippen molar-refractivity contribution in [1.29, 1.82) is 0 Å². The molecular weight excluding hydrogens is 150 g/mol. The molecule has 0 saturated carbocycles. The number of hydrogen-bond acceptors (Lipinski definition) is 6. The predicted octanol–water partition coefficient (Wildman–Crippen LogP) is 0.0302. The lowest BCUT2D eigenvalue weighted by Gasteiger charge is -1.93. The van der Waals surface area contributed by atoms with Gasteiger partial charge in [-0.3, -0.25) is 0 Å². The summed E-state index contributed by atoms with van der Waals surface area (Å²) in [4.78, 5) is 0. The Balaban J connectivity index is 2.80. The zero-order valence-electron chi connectivity index (χ0n) is 5.70. The van der Waals surface area contributed by atoms with Gasteiger partial charge in [0.25, 0.3) is 5.95 Å². The molecule has 1 N–H and O–H groups in total. The second-order valence-corrected chi connectivity index (χ2v) is 2.23. The molecule has 0 atom stereocenters. The first kappa shape index (κ1) is 7.20. The SMILES string of the molecule is CNc1nnc(SC)nn1. The Morgan fingerprint density at radius 3 is 2.20 bits per heavy atom. The van der Waals surface area contributed by atoms with Crippen molar-refractivity contribution in [2.24, 2.45) is 0 Å². The minimum Gasteiger partial charge on any atom is -0.355 e. The number of thioether (sulfide) groups is 1. The van der Waals surface area contributed by atoms with Gasteiger partial charge in [0.2, 0.25) is 5.16 Å². The van der Waals surface area contributed by atoms with E-state index in [0.29, 0.717) is 11.1 Å². The second kappa shape index (κ2) is 3.31. The zero-order chi connectivity index (χ0) is 7.40. The van der Waals surface area contributed by atoms with E-state index in [0.717, 1.165) is 0 Å². The lowest BCUT2D eigenvalue weighted by molar-refractivity contribution is 0.754. The molecule has 0 radical (unpaired) electrons. The average molecular weight is 157 g/mol. The van der Waals surface area contributed by atoms with Crippen molar-refractivity contribution in [2.75, 3.05) is 18.6 Å². The van der Waals surface area contributed by atoms with Gasteiger partial charge in [-0.05, 0) is 6.26 Å². The topological polar surface area (TPSA) is 63.6 Å². The highest BCUT2D eigenvalue weighted by molar-refractivity contribution is 7.98. The van der Waals surface area contributed by atoms with Gasteiger partial charge in [-0.25, -0.2) is 0 Å². The van der Waals surface area contributed by atoms with E-state index in [1.165, 1.54) is 11.8 Å². The quantitative estimate of drug-likeness (QED) is 0.611. The van der Waals surface area contributed by atoms with Crippen LogP contribution in [0, 0.1) is 0 Å². The van der Waals surface area contributed by atoms with Crippen molar-refractivity contribution >= 4 is 17.7 Å².